The second-order valence-corrected chi connectivity index (χ2v) is 7.96. The van der Waals surface area contributed by atoms with Gasteiger partial charge in [-0.1, -0.05) is 54.1 Å². The molecule has 3 aromatic carbocycles. The van der Waals surface area contributed by atoms with Crippen molar-refractivity contribution in [2.75, 3.05) is 5.32 Å². The molecule has 0 spiro atoms. The van der Waals surface area contributed by atoms with E-state index in [-0.39, 0.29) is 23.9 Å². The summed E-state index contributed by atoms with van der Waals surface area (Å²) in [6.07, 6.45) is 0.214. The molecule has 1 aliphatic rings. The monoisotopic (exact) mass is 444 g/mol. The number of halogens is 1. The predicted molar refractivity (Wildman–Crippen MR) is 122 cm³/mol. The number of nitrogens with zero attached hydrogens (tertiary/aromatic N) is 3. The summed E-state index contributed by atoms with van der Waals surface area (Å²) in [5.41, 5.74) is 4.09. The lowest BCUT2D eigenvalue weighted by Crippen LogP contribution is -2.24. The number of aromatic nitrogens is 2. The smallest absolute Gasteiger partial charge is 0.269 e. The van der Waals surface area contributed by atoms with Crippen molar-refractivity contribution in [3.8, 4) is 16.9 Å². The molecule has 0 saturated carbocycles. The lowest BCUT2D eigenvalue weighted by molar-refractivity contribution is -0.384. The summed E-state index contributed by atoms with van der Waals surface area (Å²) in [6, 6.07) is 23.3. The van der Waals surface area contributed by atoms with E-state index in [0.717, 1.165) is 28.1 Å². The van der Waals surface area contributed by atoms with E-state index in [4.69, 9.17) is 16.7 Å². The van der Waals surface area contributed by atoms with E-state index in [1.165, 1.54) is 12.1 Å². The molecular formula is C24H17ClN4O3. The predicted octanol–water partition coefficient (Wildman–Crippen LogP) is 5.58. The number of nitro benzene ring substituents is 1. The highest BCUT2D eigenvalue weighted by atomic mass is 35.5. The Morgan fingerprint density at radius 3 is 2.34 bits per heavy atom. The molecule has 4 aromatic rings. The third kappa shape index (κ3) is 3.52. The van der Waals surface area contributed by atoms with Gasteiger partial charge >= 0.3 is 0 Å². The van der Waals surface area contributed by atoms with Crippen LogP contribution >= 0.6 is 11.6 Å². The Balaban J connectivity index is 1.73. The van der Waals surface area contributed by atoms with E-state index in [0.29, 0.717) is 10.8 Å². The lowest BCUT2D eigenvalue weighted by Gasteiger charge is -2.24. The van der Waals surface area contributed by atoms with Crippen LogP contribution in [0.5, 0.6) is 0 Å². The third-order valence-electron chi connectivity index (χ3n) is 5.54. The molecule has 1 aliphatic heterocycles. The first-order chi connectivity index (χ1) is 15.5. The Morgan fingerprint density at radius 2 is 1.69 bits per heavy atom. The second kappa shape index (κ2) is 7.94. The maximum absolute atomic E-state index is 12.7. The van der Waals surface area contributed by atoms with Crippen LogP contribution in [0.15, 0.2) is 78.9 Å². The van der Waals surface area contributed by atoms with Crippen molar-refractivity contribution in [3.05, 3.63) is 105 Å². The van der Waals surface area contributed by atoms with Crippen LogP contribution in [0.25, 0.3) is 16.9 Å². The number of para-hydroxylation sites is 1. The maximum Gasteiger partial charge on any atom is 0.269 e. The molecule has 0 aliphatic carbocycles. The molecule has 1 atom stereocenters. The number of hydrogen-bond donors (Lipinski definition) is 1. The summed E-state index contributed by atoms with van der Waals surface area (Å²) in [5, 5.41) is 19.6. The summed E-state index contributed by atoms with van der Waals surface area (Å²) in [5.74, 6) is 0.157. The Kier molecular flexibility index (Phi) is 4.95. The first kappa shape index (κ1) is 20.0. The maximum atomic E-state index is 12.7. The number of amides is 1. The number of fused-ring (bicyclic) bond motifs is 1. The van der Waals surface area contributed by atoms with Crippen molar-refractivity contribution in [1.29, 1.82) is 0 Å². The molecule has 1 aromatic heterocycles. The highest BCUT2D eigenvalue weighted by Gasteiger charge is 2.34. The SMILES string of the molecule is O=C1CC(c2ccc([N+](=O)[O-])cc2)c2c(-c3ccc(Cl)cc3)nn(-c3ccccc3)c2N1. The van der Waals surface area contributed by atoms with Crippen molar-refractivity contribution in [2.24, 2.45) is 0 Å². The van der Waals surface area contributed by atoms with Gasteiger partial charge in [-0.3, -0.25) is 14.9 Å². The summed E-state index contributed by atoms with van der Waals surface area (Å²) >= 11 is 6.09. The minimum Gasteiger partial charge on any atom is -0.310 e. The van der Waals surface area contributed by atoms with Gasteiger partial charge in [0.1, 0.15) is 5.82 Å². The number of non-ortho nitro benzene ring substituents is 1. The molecular weight excluding hydrogens is 428 g/mol. The van der Waals surface area contributed by atoms with Gasteiger partial charge in [-0.25, -0.2) is 4.68 Å². The zero-order valence-electron chi connectivity index (χ0n) is 16.7. The number of rotatable bonds is 4. The third-order valence-corrected chi connectivity index (χ3v) is 5.79. The van der Waals surface area contributed by atoms with Gasteiger partial charge in [-0.2, -0.15) is 5.10 Å². The van der Waals surface area contributed by atoms with Crippen LogP contribution < -0.4 is 5.32 Å². The Hall–Kier alpha value is -3.97. The minimum absolute atomic E-state index is 0.00661. The van der Waals surface area contributed by atoms with Crippen molar-refractivity contribution in [3.63, 3.8) is 0 Å². The second-order valence-electron chi connectivity index (χ2n) is 7.52. The first-order valence-corrected chi connectivity index (χ1v) is 10.4. The first-order valence-electron chi connectivity index (χ1n) is 10.00. The fourth-order valence-corrected chi connectivity index (χ4v) is 4.17. The van der Waals surface area contributed by atoms with E-state index in [1.54, 1.807) is 28.9 Å². The van der Waals surface area contributed by atoms with E-state index < -0.39 is 4.92 Å². The average Bonchev–Trinajstić information content (AvgIpc) is 3.19. The van der Waals surface area contributed by atoms with E-state index in [9.17, 15) is 14.9 Å². The molecule has 0 saturated heterocycles. The van der Waals surface area contributed by atoms with Gasteiger partial charge in [-0.15, -0.1) is 0 Å². The highest BCUT2D eigenvalue weighted by molar-refractivity contribution is 6.30. The fraction of sp³-hybridized carbons (Fsp3) is 0.0833. The van der Waals surface area contributed by atoms with Gasteiger partial charge in [0, 0.05) is 40.6 Å². The standard InChI is InChI=1S/C24H17ClN4O3/c25-17-10-6-16(7-11-17)23-22-20(15-8-12-19(13-9-15)29(31)32)14-21(30)26-24(22)28(27-23)18-4-2-1-3-5-18/h1-13,20H,14H2,(H,26,30). The molecule has 0 bridgehead atoms. The molecule has 32 heavy (non-hydrogen) atoms. The zero-order chi connectivity index (χ0) is 22.2. The molecule has 158 valence electrons. The average molecular weight is 445 g/mol. The molecule has 0 radical (unpaired) electrons. The fourth-order valence-electron chi connectivity index (χ4n) is 4.04. The molecule has 5 rings (SSSR count). The van der Waals surface area contributed by atoms with Gasteiger partial charge in [0.25, 0.3) is 5.69 Å². The van der Waals surface area contributed by atoms with Crippen molar-refractivity contribution in [2.45, 2.75) is 12.3 Å². The molecule has 0 fully saturated rings. The topological polar surface area (TPSA) is 90.1 Å². The van der Waals surface area contributed by atoms with Gasteiger partial charge in [0.2, 0.25) is 5.91 Å². The lowest BCUT2D eigenvalue weighted by atomic mass is 9.84. The van der Waals surface area contributed by atoms with Crippen LogP contribution in [-0.2, 0) is 4.79 Å². The van der Waals surface area contributed by atoms with Gasteiger partial charge in [0.15, 0.2) is 0 Å². The van der Waals surface area contributed by atoms with Gasteiger partial charge in [-0.05, 0) is 29.8 Å². The van der Waals surface area contributed by atoms with Gasteiger partial charge < -0.3 is 5.32 Å². The Morgan fingerprint density at radius 1 is 1.00 bits per heavy atom. The summed E-state index contributed by atoms with van der Waals surface area (Å²) in [7, 11) is 0. The van der Waals surface area contributed by atoms with E-state index in [1.807, 2.05) is 42.5 Å². The summed E-state index contributed by atoms with van der Waals surface area (Å²) < 4.78 is 1.73. The number of benzene rings is 3. The Bertz CT molecular complexity index is 1320. The van der Waals surface area contributed by atoms with Crippen LogP contribution in [0.3, 0.4) is 0 Å². The van der Waals surface area contributed by atoms with Crippen molar-refractivity contribution in [1.82, 2.24) is 9.78 Å². The van der Waals surface area contributed by atoms with E-state index >= 15 is 0 Å². The molecule has 1 unspecified atom stereocenters. The molecule has 1 N–H and O–H groups in total. The highest BCUT2D eigenvalue weighted by Crippen LogP contribution is 2.44. The number of carbonyl (C=O) groups is 1. The number of anilines is 1. The minimum atomic E-state index is -0.435. The van der Waals surface area contributed by atoms with Crippen LogP contribution in [0, 0.1) is 10.1 Å². The molecule has 7 nitrogen and oxygen atoms in total. The summed E-state index contributed by atoms with van der Waals surface area (Å²) in [4.78, 5) is 23.3. The van der Waals surface area contributed by atoms with Crippen LogP contribution in [0.1, 0.15) is 23.5 Å². The van der Waals surface area contributed by atoms with Crippen LogP contribution in [0.4, 0.5) is 11.5 Å². The number of carbonyl (C=O) groups excluding carboxylic acids is 1. The van der Waals surface area contributed by atoms with Crippen molar-refractivity contribution < 1.29 is 9.72 Å². The number of nitro groups is 1. The quantitative estimate of drug-likeness (QED) is 0.329. The zero-order valence-corrected chi connectivity index (χ0v) is 17.5. The Labute approximate surface area is 188 Å². The summed E-state index contributed by atoms with van der Waals surface area (Å²) in [6.45, 7) is 0. The normalized spacial score (nSPS) is 15.2. The molecule has 1 amide bonds. The molecule has 8 heteroatoms. The van der Waals surface area contributed by atoms with Crippen LogP contribution in [0.2, 0.25) is 5.02 Å². The molecule has 2 heterocycles. The van der Waals surface area contributed by atoms with E-state index in [2.05, 4.69) is 5.32 Å². The van der Waals surface area contributed by atoms with Crippen LogP contribution in [-0.4, -0.2) is 20.6 Å². The largest absolute Gasteiger partial charge is 0.310 e. The van der Waals surface area contributed by atoms with Gasteiger partial charge in [0.05, 0.1) is 16.3 Å². The number of nitrogens with one attached hydrogen (secondary N) is 1. The number of hydrogen-bond acceptors (Lipinski definition) is 4. The van der Waals surface area contributed by atoms with Crippen molar-refractivity contribution >= 4 is 29.0 Å².